The highest BCUT2D eigenvalue weighted by Crippen LogP contribution is 2.09. The summed E-state index contributed by atoms with van der Waals surface area (Å²) in [6.07, 6.45) is 6.30. The van der Waals surface area contributed by atoms with Crippen LogP contribution in [0.2, 0.25) is 0 Å². The molecule has 0 saturated heterocycles. The topological polar surface area (TPSA) is 52.0 Å². The van der Waals surface area contributed by atoms with E-state index in [0.717, 1.165) is 36.8 Å². The number of aromatic nitrogens is 3. The Hall–Kier alpha value is -1.88. The van der Waals surface area contributed by atoms with Crippen molar-refractivity contribution in [3.63, 3.8) is 0 Å². The van der Waals surface area contributed by atoms with Crippen LogP contribution in [0.25, 0.3) is 0 Å². The molecule has 0 spiro atoms. The lowest BCUT2D eigenvalue weighted by Gasteiger charge is -2.07. The molecule has 0 atom stereocenters. The second kappa shape index (κ2) is 6.89. The van der Waals surface area contributed by atoms with Crippen molar-refractivity contribution >= 4 is 0 Å². The van der Waals surface area contributed by atoms with Crippen molar-refractivity contribution in [2.24, 2.45) is 7.05 Å². The van der Waals surface area contributed by atoms with E-state index in [0.29, 0.717) is 6.61 Å². The van der Waals surface area contributed by atoms with Crippen LogP contribution in [-0.4, -0.2) is 27.7 Å². The van der Waals surface area contributed by atoms with Gasteiger partial charge in [0, 0.05) is 32.4 Å². The van der Waals surface area contributed by atoms with E-state index in [-0.39, 0.29) is 0 Å². The summed E-state index contributed by atoms with van der Waals surface area (Å²) < 4.78 is 7.66. The maximum absolute atomic E-state index is 5.66. The highest BCUT2D eigenvalue weighted by atomic mass is 16.5. The molecule has 5 nitrogen and oxygen atoms in total. The molecule has 2 aromatic heterocycles. The second-order valence-corrected chi connectivity index (χ2v) is 4.32. The lowest BCUT2D eigenvalue weighted by atomic mass is 10.3. The molecule has 0 saturated carbocycles. The van der Waals surface area contributed by atoms with Crippen LogP contribution in [0, 0.1) is 0 Å². The minimum Gasteiger partial charge on any atom is -0.492 e. The van der Waals surface area contributed by atoms with Crippen molar-refractivity contribution in [2.75, 3.05) is 13.2 Å². The van der Waals surface area contributed by atoms with E-state index < -0.39 is 0 Å². The summed E-state index contributed by atoms with van der Waals surface area (Å²) in [5, 5.41) is 3.24. The van der Waals surface area contributed by atoms with Crippen LogP contribution in [0.15, 0.2) is 30.7 Å². The number of ether oxygens (including phenoxy) is 1. The first-order chi connectivity index (χ1) is 9.29. The molecule has 0 aliphatic carbocycles. The number of pyridine rings is 1. The minimum absolute atomic E-state index is 0.610. The van der Waals surface area contributed by atoms with Crippen molar-refractivity contribution in [1.82, 2.24) is 19.9 Å². The molecular formula is C14H20N4O. The number of nitrogens with one attached hydrogen (secondary N) is 1. The van der Waals surface area contributed by atoms with E-state index in [1.807, 2.05) is 29.9 Å². The van der Waals surface area contributed by atoms with E-state index >= 15 is 0 Å². The summed E-state index contributed by atoms with van der Waals surface area (Å²) in [6, 6.07) is 3.94. The number of hydrogen-bond acceptors (Lipinski definition) is 4. The van der Waals surface area contributed by atoms with Gasteiger partial charge < -0.3 is 14.6 Å². The van der Waals surface area contributed by atoms with Crippen molar-refractivity contribution in [1.29, 1.82) is 0 Å². The van der Waals surface area contributed by atoms with Crippen LogP contribution in [0.4, 0.5) is 0 Å². The molecule has 5 heteroatoms. The predicted molar refractivity (Wildman–Crippen MR) is 74.0 cm³/mol. The van der Waals surface area contributed by atoms with Gasteiger partial charge in [-0.05, 0) is 18.7 Å². The zero-order valence-electron chi connectivity index (χ0n) is 11.5. The summed E-state index contributed by atoms with van der Waals surface area (Å²) in [4.78, 5) is 8.59. The number of imidazole rings is 1. The fraction of sp³-hybridized carbons (Fsp3) is 0.429. The van der Waals surface area contributed by atoms with Crippen molar-refractivity contribution in [3.05, 3.63) is 42.2 Å². The Labute approximate surface area is 113 Å². The Bertz CT molecular complexity index is 492. The fourth-order valence-electron chi connectivity index (χ4n) is 1.75. The predicted octanol–water partition coefficient (Wildman–Crippen LogP) is 1.55. The Balaban J connectivity index is 1.78. The number of aryl methyl sites for hydroxylation is 1. The van der Waals surface area contributed by atoms with Gasteiger partial charge in [-0.15, -0.1) is 0 Å². The highest BCUT2D eigenvalue weighted by Gasteiger charge is 2.00. The third kappa shape index (κ3) is 4.06. The van der Waals surface area contributed by atoms with Gasteiger partial charge in [-0.3, -0.25) is 4.98 Å². The summed E-state index contributed by atoms with van der Waals surface area (Å²) >= 11 is 0. The summed E-state index contributed by atoms with van der Waals surface area (Å²) in [5.74, 6) is 1.83. The monoisotopic (exact) mass is 260 g/mol. The van der Waals surface area contributed by atoms with Crippen LogP contribution in [0.5, 0.6) is 5.75 Å². The smallest absolute Gasteiger partial charge is 0.137 e. The summed E-state index contributed by atoms with van der Waals surface area (Å²) in [7, 11) is 1.99. The van der Waals surface area contributed by atoms with Gasteiger partial charge in [0.15, 0.2) is 0 Å². The van der Waals surface area contributed by atoms with Crippen LogP contribution in [-0.2, 0) is 20.0 Å². The third-order valence-corrected chi connectivity index (χ3v) is 2.87. The Kier molecular flexibility index (Phi) is 4.92. The van der Waals surface area contributed by atoms with Crippen LogP contribution >= 0.6 is 0 Å². The first-order valence-corrected chi connectivity index (χ1v) is 6.54. The molecule has 1 N–H and O–H groups in total. The normalized spacial score (nSPS) is 10.6. The summed E-state index contributed by atoms with van der Waals surface area (Å²) in [6.45, 7) is 4.43. The standard InChI is InChI=1S/C14H20N4O/c1-3-15-10-12-4-5-13(11-17-12)19-9-6-14-16-7-8-18(14)2/h4-5,7-8,11,15H,3,6,9-10H2,1-2H3. The molecule has 0 aliphatic rings. The van der Waals surface area contributed by atoms with Gasteiger partial charge in [-0.25, -0.2) is 4.98 Å². The van der Waals surface area contributed by atoms with E-state index in [1.54, 1.807) is 12.4 Å². The van der Waals surface area contributed by atoms with E-state index in [4.69, 9.17) is 4.74 Å². The molecule has 0 aromatic carbocycles. The molecule has 2 heterocycles. The molecule has 19 heavy (non-hydrogen) atoms. The molecule has 2 aromatic rings. The van der Waals surface area contributed by atoms with Gasteiger partial charge in [0.1, 0.15) is 11.6 Å². The quantitative estimate of drug-likeness (QED) is 0.820. The minimum atomic E-state index is 0.610. The van der Waals surface area contributed by atoms with Gasteiger partial charge >= 0.3 is 0 Å². The lowest BCUT2D eigenvalue weighted by molar-refractivity contribution is 0.316. The molecule has 0 aliphatic heterocycles. The number of nitrogens with zero attached hydrogens (tertiary/aromatic N) is 3. The Morgan fingerprint density at radius 1 is 1.32 bits per heavy atom. The molecule has 102 valence electrons. The molecule has 0 unspecified atom stereocenters. The molecule has 0 bridgehead atoms. The SMILES string of the molecule is CCNCc1ccc(OCCc2nccn2C)cn1. The first kappa shape index (κ1) is 13.5. The molecule has 0 fully saturated rings. The second-order valence-electron chi connectivity index (χ2n) is 4.32. The fourth-order valence-corrected chi connectivity index (χ4v) is 1.75. The van der Waals surface area contributed by atoms with Gasteiger partial charge in [0.05, 0.1) is 18.5 Å². The molecule has 2 rings (SSSR count). The van der Waals surface area contributed by atoms with E-state index in [9.17, 15) is 0 Å². The van der Waals surface area contributed by atoms with Gasteiger partial charge in [-0.2, -0.15) is 0 Å². The maximum atomic E-state index is 5.66. The third-order valence-electron chi connectivity index (χ3n) is 2.87. The summed E-state index contributed by atoms with van der Waals surface area (Å²) in [5.41, 5.74) is 1.03. The van der Waals surface area contributed by atoms with Crippen molar-refractivity contribution in [3.8, 4) is 5.75 Å². The van der Waals surface area contributed by atoms with Crippen molar-refractivity contribution in [2.45, 2.75) is 19.9 Å². The van der Waals surface area contributed by atoms with Gasteiger partial charge in [0.2, 0.25) is 0 Å². The van der Waals surface area contributed by atoms with Gasteiger partial charge in [-0.1, -0.05) is 6.92 Å². The molecule has 0 radical (unpaired) electrons. The average Bonchev–Trinajstić information content (AvgIpc) is 2.84. The van der Waals surface area contributed by atoms with Crippen molar-refractivity contribution < 1.29 is 4.74 Å². The largest absolute Gasteiger partial charge is 0.492 e. The molecular weight excluding hydrogens is 240 g/mol. The van der Waals surface area contributed by atoms with Crippen LogP contribution < -0.4 is 10.1 Å². The number of rotatable bonds is 7. The first-order valence-electron chi connectivity index (χ1n) is 6.54. The Morgan fingerprint density at radius 3 is 2.84 bits per heavy atom. The zero-order valence-corrected chi connectivity index (χ0v) is 11.5. The zero-order chi connectivity index (χ0) is 13.5. The maximum Gasteiger partial charge on any atom is 0.137 e. The van der Waals surface area contributed by atoms with E-state index in [1.165, 1.54) is 0 Å². The van der Waals surface area contributed by atoms with E-state index in [2.05, 4.69) is 22.2 Å². The average molecular weight is 260 g/mol. The van der Waals surface area contributed by atoms with Gasteiger partial charge in [0.25, 0.3) is 0 Å². The van der Waals surface area contributed by atoms with Crippen LogP contribution in [0.3, 0.4) is 0 Å². The lowest BCUT2D eigenvalue weighted by Crippen LogP contribution is -2.12. The Morgan fingerprint density at radius 2 is 2.21 bits per heavy atom. The molecule has 0 amide bonds. The highest BCUT2D eigenvalue weighted by molar-refractivity contribution is 5.19. The van der Waals surface area contributed by atoms with Crippen LogP contribution in [0.1, 0.15) is 18.4 Å². The number of hydrogen-bond donors (Lipinski definition) is 1.